The molecule has 0 saturated heterocycles. The predicted octanol–water partition coefficient (Wildman–Crippen LogP) is 2.31. The van der Waals surface area contributed by atoms with E-state index < -0.39 is 0 Å². The van der Waals surface area contributed by atoms with E-state index in [0.29, 0.717) is 19.6 Å². The van der Waals surface area contributed by atoms with Gasteiger partial charge in [-0.2, -0.15) is 0 Å². The van der Waals surface area contributed by atoms with Crippen LogP contribution in [0, 0.1) is 0 Å². The fraction of sp³-hybridized carbons (Fsp3) is 0.400. The van der Waals surface area contributed by atoms with Crippen molar-refractivity contribution in [2.45, 2.75) is 19.4 Å². The highest BCUT2D eigenvalue weighted by molar-refractivity contribution is 5.77. The summed E-state index contributed by atoms with van der Waals surface area (Å²) in [4.78, 5) is 11.6. The van der Waals surface area contributed by atoms with Crippen molar-refractivity contribution in [3.05, 3.63) is 36.1 Å². The number of benzene rings is 1. The number of para-hydroxylation sites is 1. The van der Waals surface area contributed by atoms with Crippen molar-refractivity contribution in [3.8, 4) is 0 Å². The molecular weight excluding hydrogens is 256 g/mol. The fourth-order valence-electron chi connectivity index (χ4n) is 2.03. The highest BCUT2D eigenvalue weighted by Gasteiger charge is 2.10. The van der Waals surface area contributed by atoms with E-state index in [1.807, 2.05) is 37.3 Å². The molecule has 108 valence electrons. The highest BCUT2D eigenvalue weighted by atomic mass is 16.5. The molecular formula is C15H20N2O3. The minimum atomic E-state index is -0.189. The first-order valence-electron chi connectivity index (χ1n) is 6.70. The van der Waals surface area contributed by atoms with E-state index in [1.54, 1.807) is 7.11 Å². The Kier molecular flexibility index (Phi) is 5.01. The van der Waals surface area contributed by atoms with Crippen molar-refractivity contribution in [1.29, 1.82) is 0 Å². The van der Waals surface area contributed by atoms with Gasteiger partial charge in [-0.25, -0.2) is 4.79 Å². The number of ether oxygens (including phenoxy) is 1. The quantitative estimate of drug-likeness (QED) is 0.796. The zero-order valence-electron chi connectivity index (χ0n) is 11.8. The molecule has 20 heavy (non-hydrogen) atoms. The molecule has 0 fully saturated rings. The van der Waals surface area contributed by atoms with Gasteiger partial charge in [0.25, 0.3) is 0 Å². The van der Waals surface area contributed by atoms with Crippen molar-refractivity contribution < 1.29 is 13.9 Å². The van der Waals surface area contributed by atoms with Gasteiger partial charge in [-0.05, 0) is 19.1 Å². The predicted molar refractivity (Wildman–Crippen MR) is 77.8 cm³/mol. The summed E-state index contributed by atoms with van der Waals surface area (Å²) < 4.78 is 10.6. The zero-order valence-corrected chi connectivity index (χ0v) is 11.8. The van der Waals surface area contributed by atoms with E-state index in [1.165, 1.54) is 0 Å². The Morgan fingerprint density at radius 3 is 2.95 bits per heavy atom. The molecule has 2 rings (SSSR count). The minimum Gasteiger partial charge on any atom is -0.461 e. The van der Waals surface area contributed by atoms with Crippen LogP contribution in [0.15, 0.2) is 34.7 Å². The molecule has 0 unspecified atom stereocenters. The number of carbonyl (C=O) groups is 1. The van der Waals surface area contributed by atoms with Gasteiger partial charge in [0, 0.05) is 31.5 Å². The van der Waals surface area contributed by atoms with E-state index in [9.17, 15) is 4.79 Å². The molecule has 2 amide bonds. The summed E-state index contributed by atoms with van der Waals surface area (Å²) in [5.74, 6) is 0.871. The monoisotopic (exact) mass is 276 g/mol. The number of hydrogen-bond acceptors (Lipinski definition) is 3. The van der Waals surface area contributed by atoms with Crippen LogP contribution in [0.5, 0.6) is 0 Å². The van der Waals surface area contributed by atoms with Gasteiger partial charge < -0.3 is 19.8 Å². The number of furan rings is 1. The number of rotatable bonds is 6. The van der Waals surface area contributed by atoms with Gasteiger partial charge in [0.05, 0.1) is 6.61 Å². The van der Waals surface area contributed by atoms with Gasteiger partial charge in [-0.1, -0.05) is 18.2 Å². The number of hydrogen-bond donors (Lipinski definition) is 2. The number of nitrogens with one attached hydrogen (secondary N) is 2. The summed E-state index contributed by atoms with van der Waals surface area (Å²) in [6, 6.07) is 9.69. The molecule has 0 aliphatic rings. The maximum atomic E-state index is 11.6. The molecule has 1 aromatic heterocycles. The molecule has 0 aliphatic carbocycles. The van der Waals surface area contributed by atoms with Crippen molar-refractivity contribution >= 4 is 17.0 Å². The normalized spacial score (nSPS) is 12.3. The number of carbonyl (C=O) groups excluding carboxylic acids is 1. The standard InChI is InChI=1S/C15H20N2O3/c1-11(17-15(18)16-7-8-19-2)9-13-10-12-5-3-4-6-14(12)20-13/h3-6,10-11H,7-9H2,1-2H3,(H2,16,17,18)/t11-/m1/s1. The van der Waals surface area contributed by atoms with Gasteiger partial charge in [-0.3, -0.25) is 0 Å². The van der Waals surface area contributed by atoms with Crippen molar-refractivity contribution in [2.24, 2.45) is 0 Å². The molecule has 5 nitrogen and oxygen atoms in total. The average molecular weight is 276 g/mol. The van der Waals surface area contributed by atoms with Crippen LogP contribution in [-0.2, 0) is 11.2 Å². The summed E-state index contributed by atoms with van der Waals surface area (Å²) in [5.41, 5.74) is 0.874. The number of methoxy groups -OCH3 is 1. The summed E-state index contributed by atoms with van der Waals surface area (Å²) in [6.45, 7) is 2.95. The number of urea groups is 1. The summed E-state index contributed by atoms with van der Waals surface area (Å²) in [6.07, 6.45) is 0.659. The SMILES string of the molecule is COCCNC(=O)N[C@H](C)Cc1cc2ccccc2o1. The molecule has 0 radical (unpaired) electrons. The van der Waals surface area contributed by atoms with Gasteiger partial charge in [0.1, 0.15) is 11.3 Å². The van der Waals surface area contributed by atoms with Crippen molar-refractivity contribution in [2.75, 3.05) is 20.3 Å². The molecule has 1 heterocycles. The lowest BCUT2D eigenvalue weighted by Gasteiger charge is -2.13. The second-order valence-corrected chi connectivity index (χ2v) is 4.75. The topological polar surface area (TPSA) is 63.5 Å². The van der Waals surface area contributed by atoms with Crippen LogP contribution in [0.2, 0.25) is 0 Å². The molecule has 0 spiro atoms. The van der Waals surface area contributed by atoms with Gasteiger partial charge in [-0.15, -0.1) is 0 Å². The number of amides is 2. The third-order valence-corrected chi connectivity index (χ3v) is 2.95. The van der Waals surface area contributed by atoms with Crippen molar-refractivity contribution in [1.82, 2.24) is 10.6 Å². The maximum absolute atomic E-state index is 11.6. The first-order chi connectivity index (χ1) is 9.69. The zero-order chi connectivity index (χ0) is 14.4. The van der Waals surface area contributed by atoms with Crippen molar-refractivity contribution in [3.63, 3.8) is 0 Å². The van der Waals surface area contributed by atoms with Crippen LogP contribution in [0.3, 0.4) is 0 Å². The third-order valence-electron chi connectivity index (χ3n) is 2.95. The van der Waals surface area contributed by atoms with E-state index in [2.05, 4.69) is 10.6 Å². The molecule has 0 aliphatic heterocycles. The Hall–Kier alpha value is -2.01. The van der Waals surface area contributed by atoms with Crippen LogP contribution >= 0.6 is 0 Å². The highest BCUT2D eigenvalue weighted by Crippen LogP contribution is 2.19. The molecule has 5 heteroatoms. The second-order valence-electron chi connectivity index (χ2n) is 4.75. The Morgan fingerprint density at radius 2 is 2.20 bits per heavy atom. The van der Waals surface area contributed by atoms with E-state index in [-0.39, 0.29) is 12.1 Å². The summed E-state index contributed by atoms with van der Waals surface area (Å²) in [7, 11) is 1.60. The van der Waals surface area contributed by atoms with Crippen LogP contribution in [0.4, 0.5) is 4.79 Å². The van der Waals surface area contributed by atoms with Crippen LogP contribution in [-0.4, -0.2) is 32.3 Å². The minimum absolute atomic E-state index is 0.00175. The Bertz CT molecular complexity index is 532. The Balaban J connectivity index is 1.84. The molecule has 0 saturated carbocycles. The summed E-state index contributed by atoms with van der Waals surface area (Å²) >= 11 is 0. The second kappa shape index (κ2) is 6.96. The van der Waals surface area contributed by atoms with Gasteiger partial charge in [0.15, 0.2) is 0 Å². The molecule has 2 aromatic rings. The summed E-state index contributed by atoms with van der Waals surface area (Å²) in [5, 5.41) is 6.67. The van der Waals surface area contributed by atoms with E-state index in [4.69, 9.17) is 9.15 Å². The van der Waals surface area contributed by atoms with Gasteiger partial charge >= 0.3 is 6.03 Å². The fourth-order valence-corrected chi connectivity index (χ4v) is 2.03. The van der Waals surface area contributed by atoms with E-state index >= 15 is 0 Å². The molecule has 1 atom stereocenters. The Morgan fingerprint density at radius 1 is 1.40 bits per heavy atom. The first kappa shape index (κ1) is 14.4. The van der Waals surface area contributed by atoms with E-state index in [0.717, 1.165) is 16.7 Å². The van der Waals surface area contributed by atoms with Crippen LogP contribution in [0.25, 0.3) is 11.0 Å². The average Bonchev–Trinajstić information content (AvgIpc) is 2.80. The molecule has 2 N–H and O–H groups in total. The number of fused-ring (bicyclic) bond motifs is 1. The Labute approximate surface area is 118 Å². The lowest BCUT2D eigenvalue weighted by molar-refractivity contribution is 0.195. The third kappa shape index (κ3) is 3.99. The lowest BCUT2D eigenvalue weighted by atomic mass is 10.2. The molecule has 0 bridgehead atoms. The van der Waals surface area contributed by atoms with Crippen LogP contribution in [0.1, 0.15) is 12.7 Å². The maximum Gasteiger partial charge on any atom is 0.315 e. The largest absolute Gasteiger partial charge is 0.461 e. The van der Waals surface area contributed by atoms with Gasteiger partial charge in [0.2, 0.25) is 0 Å². The smallest absolute Gasteiger partial charge is 0.315 e. The molecule has 1 aromatic carbocycles. The first-order valence-corrected chi connectivity index (χ1v) is 6.70. The lowest BCUT2D eigenvalue weighted by Crippen LogP contribution is -2.42. The van der Waals surface area contributed by atoms with Crippen LogP contribution < -0.4 is 10.6 Å².